The Morgan fingerprint density at radius 3 is 0.453 bits per heavy atom. The SMILES string of the molecule is c1ccc(-c2c3nsnc3c(-c3ccccc3)c3nc4c(nc23)c2nc3c(-c5ccccc5)c5nsnc5c(-c5ccccc5)c3nc2c2nc3c(-c5ccccc5)c5nsnc5c(-c5ccccc5)c3nc42)cc1. The highest BCUT2D eigenvalue weighted by Gasteiger charge is 2.30. The minimum absolute atomic E-state index is 0.504. The first-order chi connectivity index (χ1) is 37.2. The van der Waals surface area contributed by atoms with E-state index < -0.39 is 0 Å². The van der Waals surface area contributed by atoms with Crippen LogP contribution in [0.1, 0.15) is 0 Å². The highest BCUT2D eigenvalue weighted by molar-refractivity contribution is 7.00. The number of benzene rings is 10. The van der Waals surface area contributed by atoms with E-state index in [1.807, 2.05) is 109 Å². The molecule has 6 heterocycles. The minimum Gasteiger partial charge on any atom is -0.241 e. The summed E-state index contributed by atoms with van der Waals surface area (Å²) in [5.74, 6) is 0. The highest BCUT2D eigenvalue weighted by atomic mass is 32.1. The summed E-state index contributed by atoms with van der Waals surface area (Å²) in [4.78, 5) is 34.9. The normalized spacial score (nSPS) is 12.0. The molecule has 0 spiro atoms. The van der Waals surface area contributed by atoms with Crippen LogP contribution >= 0.6 is 35.2 Å². The van der Waals surface area contributed by atoms with E-state index in [0.717, 1.165) is 99.9 Å². The van der Waals surface area contributed by atoms with Gasteiger partial charge in [-0.1, -0.05) is 182 Å². The maximum absolute atomic E-state index is 5.82. The minimum atomic E-state index is 0.504. The Hall–Kier alpha value is -9.54. The third kappa shape index (κ3) is 6.26. The molecular formula is C60H30N12S3. The van der Waals surface area contributed by atoms with E-state index in [2.05, 4.69) is 72.8 Å². The molecule has 0 radical (unpaired) electrons. The zero-order chi connectivity index (χ0) is 49.1. The molecule has 10 aromatic carbocycles. The number of nitrogens with zero attached hydrogens (tertiary/aromatic N) is 12. The lowest BCUT2D eigenvalue weighted by atomic mass is 9.94. The molecule has 0 aliphatic rings. The number of rotatable bonds is 6. The molecule has 12 nitrogen and oxygen atoms in total. The van der Waals surface area contributed by atoms with Crippen molar-refractivity contribution in [3.63, 3.8) is 0 Å². The van der Waals surface area contributed by atoms with Crippen LogP contribution in [0.25, 0.3) is 166 Å². The lowest BCUT2D eigenvalue weighted by Gasteiger charge is -2.17. The summed E-state index contributed by atoms with van der Waals surface area (Å²) in [5.41, 5.74) is 21.8. The number of hydrogen-bond donors (Lipinski definition) is 0. The Kier molecular flexibility index (Phi) is 9.24. The van der Waals surface area contributed by atoms with E-state index in [1.54, 1.807) is 0 Å². The molecule has 0 N–H and O–H groups in total. The van der Waals surface area contributed by atoms with Crippen LogP contribution in [0.3, 0.4) is 0 Å². The van der Waals surface area contributed by atoms with Gasteiger partial charge in [-0.15, -0.1) is 0 Å². The molecule has 0 unspecified atom stereocenters. The van der Waals surface area contributed by atoms with E-state index in [9.17, 15) is 0 Å². The van der Waals surface area contributed by atoms with Gasteiger partial charge >= 0.3 is 0 Å². The number of fused-ring (bicyclic) bond motifs is 12. The van der Waals surface area contributed by atoms with Crippen LogP contribution in [0, 0.1) is 0 Å². The van der Waals surface area contributed by atoms with Crippen LogP contribution in [-0.4, -0.2) is 56.1 Å². The summed E-state index contributed by atoms with van der Waals surface area (Å²) in [7, 11) is 0. The summed E-state index contributed by atoms with van der Waals surface area (Å²) in [6.45, 7) is 0. The molecule has 16 rings (SSSR count). The largest absolute Gasteiger partial charge is 0.241 e. The fourth-order valence-electron chi connectivity index (χ4n) is 10.8. The fraction of sp³-hybridized carbons (Fsp3) is 0. The van der Waals surface area contributed by atoms with Crippen molar-refractivity contribution >= 4 is 134 Å². The van der Waals surface area contributed by atoms with Crippen molar-refractivity contribution in [2.24, 2.45) is 0 Å². The van der Waals surface area contributed by atoms with Crippen molar-refractivity contribution in [3.05, 3.63) is 182 Å². The van der Waals surface area contributed by atoms with Gasteiger partial charge in [-0.25, -0.2) is 29.9 Å². The standard InChI is InChI=1S/C60H30N12S3/c1-7-19-31(20-8-1)37-43-44(38(32-21-9-2-10-22-32)50-49(37)67-73-68-50)62-56-55(61-43)57-59(65-46-40(34-25-13-4-14-26-34)52-51(69-74-70-52)39(45(46)63-57)33-23-11-3-12-24-33)60-58(56)64-47-41(35-27-15-5-16-28-35)53-54(72-75-71-53)42(48(47)66-60)36-29-17-6-18-30-36/h1-30H. The van der Waals surface area contributed by atoms with Crippen molar-refractivity contribution in [1.29, 1.82) is 0 Å². The highest BCUT2D eigenvalue weighted by Crippen LogP contribution is 2.48. The Balaban J connectivity index is 1.19. The van der Waals surface area contributed by atoms with Gasteiger partial charge in [-0.3, -0.25) is 0 Å². The smallest absolute Gasteiger partial charge is 0.120 e. The van der Waals surface area contributed by atoms with Crippen molar-refractivity contribution in [2.45, 2.75) is 0 Å². The Bertz CT molecular complexity index is 4150. The summed E-state index contributed by atoms with van der Waals surface area (Å²) >= 11 is 3.52. The van der Waals surface area contributed by atoms with Crippen molar-refractivity contribution in [1.82, 2.24) is 56.1 Å². The van der Waals surface area contributed by atoms with Crippen LogP contribution in [0.15, 0.2) is 182 Å². The zero-order valence-corrected chi connectivity index (χ0v) is 41.4. The second kappa shape index (κ2) is 16.5. The van der Waals surface area contributed by atoms with Crippen molar-refractivity contribution < 1.29 is 0 Å². The quantitative estimate of drug-likeness (QED) is 0.115. The maximum Gasteiger partial charge on any atom is 0.120 e. The lowest BCUT2D eigenvalue weighted by Crippen LogP contribution is -2.03. The summed E-state index contributed by atoms with van der Waals surface area (Å²) in [6.07, 6.45) is 0. The van der Waals surface area contributed by atoms with Gasteiger partial charge in [-0.05, 0) is 33.4 Å². The molecule has 0 saturated heterocycles. The lowest BCUT2D eigenvalue weighted by molar-refractivity contribution is 1.34. The van der Waals surface area contributed by atoms with E-state index in [4.69, 9.17) is 56.1 Å². The third-order valence-electron chi connectivity index (χ3n) is 14.0. The average Bonchev–Trinajstić information content (AvgIpc) is 4.36. The molecule has 0 atom stereocenters. The first-order valence-electron chi connectivity index (χ1n) is 24.1. The number of aromatic nitrogens is 12. The molecule has 75 heavy (non-hydrogen) atoms. The van der Waals surface area contributed by atoms with Crippen LogP contribution in [0.5, 0.6) is 0 Å². The summed E-state index contributed by atoms with van der Waals surface area (Å²) in [6, 6.07) is 61.4. The predicted octanol–water partition coefficient (Wildman–Crippen LogP) is 15.0. The van der Waals surface area contributed by atoms with Gasteiger partial charge in [0, 0.05) is 33.4 Å². The molecule has 15 heteroatoms. The zero-order valence-electron chi connectivity index (χ0n) is 38.9. The van der Waals surface area contributed by atoms with Crippen molar-refractivity contribution in [2.75, 3.05) is 0 Å². The van der Waals surface area contributed by atoms with Gasteiger partial charge in [-0.2, -0.15) is 26.2 Å². The average molecular weight is 1020 g/mol. The molecule has 0 bridgehead atoms. The van der Waals surface area contributed by atoms with Gasteiger partial charge in [0.05, 0.1) is 35.2 Å². The summed E-state index contributed by atoms with van der Waals surface area (Å²) < 4.78 is 29.9. The molecule has 16 aromatic rings. The van der Waals surface area contributed by atoms with Gasteiger partial charge in [0.2, 0.25) is 0 Å². The Labute approximate surface area is 436 Å². The fourth-order valence-corrected chi connectivity index (χ4v) is 12.5. The van der Waals surface area contributed by atoms with E-state index >= 15 is 0 Å². The first kappa shape index (κ1) is 42.0. The molecule has 0 saturated carbocycles. The second-order valence-corrected chi connectivity index (χ2v) is 19.8. The first-order valence-corrected chi connectivity index (χ1v) is 26.3. The Morgan fingerprint density at radius 2 is 0.307 bits per heavy atom. The molecular weight excluding hydrogens is 985 g/mol. The maximum atomic E-state index is 5.82. The van der Waals surface area contributed by atoms with Crippen LogP contribution in [0.2, 0.25) is 0 Å². The molecule has 348 valence electrons. The van der Waals surface area contributed by atoms with Gasteiger partial charge < -0.3 is 0 Å². The Morgan fingerprint density at radius 1 is 0.160 bits per heavy atom. The van der Waals surface area contributed by atoms with E-state index in [-0.39, 0.29) is 0 Å². The molecule has 0 aliphatic carbocycles. The van der Waals surface area contributed by atoms with Crippen LogP contribution < -0.4 is 0 Å². The van der Waals surface area contributed by atoms with Gasteiger partial charge in [0.25, 0.3) is 0 Å². The monoisotopic (exact) mass is 1010 g/mol. The van der Waals surface area contributed by atoms with Crippen LogP contribution in [-0.2, 0) is 0 Å². The van der Waals surface area contributed by atoms with E-state index in [1.165, 1.54) is 35.2 Å². The number of hydrogen-bond acceptors (Lipinski definition) is 15. The molecule has 0 amide bonds. The predicted molar refractivity (Wildman–Crippen MR) is 304 cm³/mol. The van der Waals surface area contributed by atoms with Gasteiger partial charge in [0.15, 0.2) is 0 Å². The van der Waals surface area contributed by atoms with Gasteiger partial charge in [0.1, 0.15) is 99.3 Å². The van der Waals surface area contributed by atoms with Crippen LogP contribution in [0.4, 0.5) is 0 Å². The van der Waals surface area contributed by atoms with Crippen molar-refractivity contribution in [3.8, 4) is 66.8 Å². The second-order valence-electron chi connectivity index (χ2n) is 18.2. The topological polar surface area (TPSA) is 155 Å². The van der Waals surface area contributed by atoms with E-state index in [0.29, 0.717) is 66.2 Å². The third-order valence-corrected chi connectivity index (χ3v) is 15.6. The molecule has 0 aliphatic heterocycles. The molecule has 0 fully saturated rings. The molecule has 6 aromatic heterocycles. The summed E-state index contributed by atoms with van der Waals surface area (Å²) in [5, 5.41) is 0.